The lowest BCUT2D eigenvalue weighted by atomic mass is 10.2. The molecule has 3 heterocycles. The van der Waals surface area contributed by atoms with Crippen LogP contribution in [0.25, 0.3) is 11.0 Å². The second-order valence-electron chi connectivity index (χ2n) is 6.10. The Morgan fingerprint density at radius 2 is 2.08 bits per heavy atom. The summed E-state index contributed by atoms with van der Waals surface area (Å²) >= 11 is 0. The van der Waals surface area contributed by atoms with Crippen molar-refractivity contribution in [2.24, 2.45) is 0 Å². The summed E-state index contributed by atoms with van der Waals surface area (Å²) in [5.74, 6) is 1.43. The maximum absolute atomic E-state index is 12.2. The zero-order chi connectivity index (χ0) is 18.4. The van der Waals surface area contributed by atoms with Gasteiger partial charge in [0.25, 0.3) is 5.91 Å². The predicted octanol–water partition coefficient (Wildman–Crippen LogP) is 2.24. The van der Waals surface area contributed by atoms with Gasteiger partial charge in [0.2, 0.25) is 0 Å². The van der Waals surface area contributed by atoms with E-state index in [4.69, 9.17) is 0 Å². The van der Waals surface area contributed by atoms with Crippen molar-refractivity contribution in [1.82, 2.24) is 30.5 Å². The number of hydrogen-bond donors (Lipinski definition) is 3. The fourth-order valence-electron chi connectivity index (χ4n) is 2.58. The Balaban J connectivity index is 1.50. The van der Waals surface area contributed by atoms with Crippen molar-refractivity contribution in [2.75, 3.05) is 18.4 Å². The summed E-state index contributed by atoms with van der Waals surface area (Å²) in [5.41, 5.74) is 1.91. The van der Waals surface area contributed by atoms with Crippen LogP contribution < -0.4 is 10.6 Å². The van der Waals surface area contributed by atoms with Gasteiger partial charge in [-0.15, -0.1) is 0 Å². The van der Waals surface area contributed by atoms with Crippen LogP contribution in [0.4, 0.5) is 5.82 Å². The molecule has 0 unspecified atom stereocenters. The lowest BCUT2D eigenvalue weighted by molar-refractivity contribution is 0.0950. The SMILES string of the molecule is CCCCc1nc(C)cc(NCCNC(=O)c2ccc3cn[nH]c3n2)n1. The second-order valence-corrected chi connectivity index (χ2v) is 6.10. The van der Waals surface area contributed by atoms with E-state index in [1.807, 2.05) is 19.1 Å². The number of carbonyl (C=O) groups is 1. The van der Waals surface area contributed by atoms with Crippen LogP contribution in [-0.2, 0) is 6.42 Å². The first kappa shape index (κ1) is 17.8. The van der Waals surface area contributed by atoms with Crippen LogP contribution in [0.2, 0.25) is 0 Å². The van der Waals surface area contributed by atoms with Crippen molar-refractivity contribution >= 4 is 22.8 Å². The van der Waals surface area contributed by atoms with Crippen molar-refractivity contribution in [3.8, 4) is 0 Å². The van der Waals surface area contributed by atoms with Gasteiger partial charge in [0.15, 0.2) is 5.65 Å². The molecule has 0 aliphatic carbocycles. The number of fused-ring (bicyclic) bond motifs is 1. The number of carbonyl (C=O) groups excluding carboxylic acids is 1. The summed E-state index contributed by atoms with van der Waals surface area (Å²) in [6.45, 7) is 5.15. The normalized spacial score (nSPS) is 10.8. The number of aryl methyl sites for hydroxylation is 2. The van der Waals surface area contributed by atoms with Gasteiger partial charge in [0.1, 0.15) is 17.3 Å². The molecule has 8 nitrogen and oxygen atoms in total. The molecule has 0 bridgehead atoms. The van der Waals surface area contributed by atoms with Gasteiger partial charge in [-0.05, 0) is 25.5 Å². The highest BCUT2D eigenvalue weighted by Gasteiger charge is 2.08. The van der Waals surface area contributed by atoms with Gasteiger partial charge < -0.3 is 10.6 Å². The number of pyridine rings is 1. The molecule has 0 atom stereocenters. The third-order valence-corrected chi connectivity index (χ3v) is 3.90. The van der Waals surface area contributed by atoms with Gasteiger partial charge in [0.05, 0.1) is 6.20 Å². The molecule has 3 aromatic heterocycles. The predicted molar refractivity (Wildman–Crippen MR) is 100 cm³/mol. The number of anilines is 1. The number of hydrogen-bond acceptors (Lipinski definition) is 6. The van der Waals surface area contributed by atoms with E-state index in [9.17, 15) is 4.79 Å². The fraction of sp³-hybridized carbons (Fsp3) is 0.389. The Morgan fingerprint density at radius 1 is 1.19 bits per heavy atom. The average Bonchev–Trinajstić information content (AvgIpc) is 3.10. The molecule has 0 aliphatic rings. The quantitative estimate of drug-likeness (QED) is 0.536. The minimum atomic E-state index is -0.217. The second kappa shape index (κ2) is 8.37. The van der Waals surface area contributed by atoms with Gasteiger partial charge in [-0.2, -0.15) is 5.10 Å². The summed E-state index contributed by atoms with van der Waals surface area (Å²) in [6.07, 6.45) is 4.74. The fourth-order valence-corrected chi connectivity index (χ4v) is 2.58. The van der Waals surface area contributed by atoms with Crippen LogP contribution >= 0.6 is 0 Å². The van der Waals surface area contributed by atoms with Crippen molar-refractivity contribution in [3.63, 3.8) is 0 Å². The van der Waals surface area contributed by atoms with Crippen LogP contribution in [0.3, 0.4) is 0 Å². The molecule has 0 spiro atoms. The largest absolute Gasteiger partial charge is 0.368 e. The molecule has 136 valence electrons. The molecule has 0 aliphatic heterocycles. The van der Waals surface area contributed by atoms with E-state index in [-0.39, 0.29) is 5.91 Å². The zero-order valence-electron chi connectivity index (χ0n) is 15.0. The molecule has 1 amide bonds. The molecule has 3 rings (SSSR count). The number of aromatic amines is 1. The minimum absolute atomic E-state index is 0.217. The Kier molecular flexibility index (Phi) is 5.73. The zero-order valence-corrected chi connectivity index (χ0v) is 15.0. The number of aromatic nitrogens is 5. The van der Waals surface area contributed by atoms with E-state index in [0.717, 1.165) is 42.0 Å². The van der Waals surface area contributed by atoms with Crippen molar-refractivity contribution in [1.29, 1.82) is 0 Å². The molecule has 0 saturated heterocycles. The molecule has 3 N–H and O–H groups in total. The monoisotopic (exact) mass is 353 g/mol. The molecule has 3 aromatic rings. The third-order valence-electron chi connectivity index (χ3n) is 3.90. The lowest BCUT2D eigenvalue weighted by Gasteiger charge is -2.09. The lowest BCUT2D eigenvalue weighted by Crippen LogP contribution is -2.29. The average molecular weight is 353 g/mol. The summed E-state index contributed by atoms with van der Waals surface area (Å²) in [5, 5.41) is 13.6. The van der Waals surface area contributed by atoms with Crippen LogP contribution in [0.1, 0.15) is 41.8 Å². The van der Waals surface area contributed by atoms with E-state index in [1.54, 1.807) is 12.3 Å². The summed E-state index contributed by atoms with van der Waals surface area (Å²) in [6, 6.07) is 5.42. The van der Waals surface area contributed by atoms with E-state index in [1.165, 1.54) is 0 Å². The topological polar surface area (TPSA) is 108 Å². The molecule has 8 heteroatoms. The highest BCUT2D eigenvalue weighted by Crippen LogP contribution is 2.09. The first-order valence-electron chi connectivity index (χ1n) is 8.82. The van der Waals surface area contributed by atoms with Gasteiger partial charge in [0, 0.05) is 36.7 Å². The molecule has 0 saturated carbocycles. The molecule has 0 fully saturated rings. The smallest absolute Gasteiger partial charge is 0.270 e. The summed E-state index contributed by atoms with van der Waals surface area (Å²) in [4.78, 5) is 25.4. The van der Waals surface area contributed by atoms with Gasteiger partial charge in [-0.1, -0.05) is 13.3 Å². The minimum Gasteiger partial charge on any atom is -0.368 e. The van der Waals surface area contributed by atoms with Gasteiger partial charge >= 0.3 is 0 Å². The van der Waals surface area contributed by atoms with Crippen LogP contribution in [0.5, 0.6) is 0 Å². The van der Waals surface area contributed by atoms with Crippen molar-refractivity contribution < 1.29 is 4.79 Å². The maximum atomic E-state index is 12.2. The Labute approximate surface area is 151 Å². The van der Waals surface area contributed by atoms with Crippen molar-refractivity contribution in [2.45, 2.75) is 33.1 Å². The van der Waals surface area contributed by atoms with E-state index in [0.29, 0.717) is 24.4 Å². The summed E-state index contributed by atoms with van der Waals surface area (Å²) in [7, 11) is 0. The Morgan fingerprint density at radius 3 is 2.92 bits per heavy atom. The van der Waals surface area contributed by atoms with Crippen LogP contribution in [0, 0.1) is 6.92 Å². The summed E-state index contributed by atoms with van der Waals surface area (Å²) < 4.78 is 0. The van der Waals surface area contributed by atoms with Crippen LogP contribution in [-0.4, -0.2) is 44.1 Å². The molecule has 0 radical (unpaired) electrons. The first-order valence-corrected chi connectivity index (χ1v) is 8.82. The van der Waals surface area contributed by atoms with Gasteiger partial charge in [-0.25, -0.2) is 15.0 Å². The Hall–Kier alpha value is -3.03. The number of amides is 1. The number of unbranched alkanes of at least 4 members (excludes halogenated alkanes) is 1. The first-order chi connectivity index (χ1) is 12.7. The maximum Gasteiger partial charge on any atom is 0.270 e. The van der Waals surface area contributed by atoms with Gasteiger partial charge in [-0.3, -0.25) is 9.89 Å². The number of H-pyrrole nitrogens is 1. The molecule has 26 heavy (non-hydrogen) atoms. The Bertz CT molecular complexity index is 890. The molecular weight excluding hydrogens is 330 g/mol. The number of nitrogens with one attached hydrogen (secondary N) is 3. The molecule has 0 aromatic carbocycles. The third kappa shape index (κ3) is 4.53. The van der Waals surface area contributed by atoms with Crippen LogP contribution in [0.15, 0.2) is 24.4 Å². The van der Waals surface area contributed by atoms with Crippen molar-refractivity contribution in [3.05, 3.63) is 41.6 Å². The molecular formula is C18H23N7O. The highest BCUT2D eigenvalue weighted by molar-refractivity contribution is 5.94. The standard InChI is InChI=1S/C18H23N7O/c1-3-4-5-15-22-12(2)10-16(24-15)19-8-9-20-18(26)14-7-6-13-11-21-25-17(13)23-14/h6-7,10-11H,3-5,8-9H2,1-2H3,(H,20,26)(H,19,22,24)(H,21,23,25). The highest BCUT2D eigenvalue weighted by atomic mass is 16.1. The van der Waals surface area contributed by atoms with E-state index in [2.05, 4.69) is 42.7 Å². The van der Waals surface area contributed by atoms with E-state index >= 15 is 0 Å². The van der Waals surface area contributed by atoms with E-state index < -0.39 is 0 Å². The number of rotatable bonds is 8. The number of nitrogens with zero attached hydrogens (tertiary/aromatic N) is 4.